The van der Waals surface area contributed by atoms with Gasteiger partial charge in [0.25, 0.3) is 0 Å². The van der Waals surface area contributed by atoms with E-state index >= 15 is 0 Å². The first-order valence-electron chi connectivity index (χ1n) is 9.50. The Morgan fingerprint density at radius 2 is 2.03 bits per heavy atom. The van der Waals surface area contributed by atoms with E-state index in [4.69, 9.17) is 11.6 Å². The molecule has 6 nitrogen and oxygen atoms in total. The van der Waals surface area contributed by atoms with Crippen LogP contribution in [0.2, 0.25) is 5.02 Å². The Balaban J connectivity index is 1.32. The van der Waals surface area contributed by atoms with Crippen LogP contribution >= 0.6 is 22.9 Å². The van der Waals surface area contributed by atoms with Gasteiger partial charge in [-0.05, 0) is 36.8 Å². The number of hydrogen-bond acceptors (Lipinski definition) is 6. The molecule has 1 aliphatic rings. The standard InChI is InChI=1S/C21H22ClN5OS/c1-15-5-6-16(22)12-18(15)26-8-10-27(11-9-26)20(28)13-17-14-29-21(24-17)25-19-4-2-3-7-23-19/h2-7,12,14H,8-11,13H2,1H3,(H,23,24,25). The molecule has 3 heterocycles. The van der Waals surface area contributed by atoms with Crippen LogP contribution in [0.4, 0.5) is 16.6 Å². The second-order valence-corrected chi connectivity index (χ2v) is 8.25. The quantitative estimate of drug-likeness (QED) is 0.663. The minimum atomic E-state index is 0.113. The minimum absolute atomic E-state index is 0.113. The highest BCUT2D eigenvalue weighted by atomic mass is 35.5. The lowest BCUT2D eigenvalue weighted by atomic mass is 10.1. The number of halogens is 1. The Morgan fingerprint density at radius 1 is 1.21 bits per heavy atom. The molecule has 1 amide bonds. The van der Waals surface area contributed by atoms with Gasteiger partial charge in [-0.25, -0.2) is 9.97 Å². The number of amides is 1. The van der Waals surface area contributed by atoms with Gasteiger partial charge in [-0.2, -0.15) is 0 Å². The summed E-state index contributed by atoms with van der Waals surface area (Å²) in [4.78, 5) is 25.7. The first kappa shape index (κ1) is 19.7. The van der Waals surface area contributed by atoms with Crippen molar-refractivity contribution in [1.29, 1.82) is 0 Å². The van der Waals surface area contributed by atoms with Crippen LogP contribution in [0.3, 0.4) is 0 Å². The molecule has 8 heteroatoms. The monoisotopic (exact) mass is 427 g/mol. The number of carbonyl (C=O) groups is 1. The van der Waals surface area contributed by atoms with Crippen LogP contribution in [0.15, 0.2) is 48.0 Å². The second-order valence-electron chi connectivity index (χ2n) is 6.96. The van der Waals surface area contributed by atoms with Gasteiger partial charge in [0.15, 0.2) is 5.13 Å². The SMILES string of the molecule is Cc1ccc(Cl)cc1N1CCN(C(=O)Cc2csc(Nc3ccccn3)n2)CC1. The van der Waals surface area contributed by atoms with Crippen molar-refractivity contribution < 1.29 is 4.79 Å². The van der Waals surface area contributed by atoms with E-state index in [-0.39, 0.29) is 5.91 Å². The fraction of sp³-hybridized carbons (Fsp3) is 0.286. The summed E-state index contributed by atoms with van der Waals surface area (Å²) in [6.07, 6.45) is 2.04. The van der Waals surface area contributed by atoms with Gasteiger partial charge < -0.3 is 15.1 Å². The molecule has 0 bridgehead atoms. The van der Waals surface area contributed by atoms with E-state index in [9.17, 15) is 4.79 Å². The molecule has 1 N–H and O–H groups in total. The van der Waals surface area contributed by atoms with Gasteiger partial charge in [0.05, 0.1) is 12.1 Å². The number of pyridine rings is 1. The average Bonchev–Trinajstić information content (AvgIpc) is 3.17. The van der Waals surface area contributed by atoms with Gasteiger partial charge in [0.2, 0.25) is 5.91 Å². The van der Waals surface area contributed by atoms with Crippen molar-refractivity contribution >= 4 is 45.5 Å². The normalized spacial score (nSPS) is 14.1. The Morgan fingerprint density at radius 3 is 2.79 bits per heavy atom. The van der Waals surface area contributed by atoms with Crippen molar-refractivity contribution in [2.75, 3.05) is 36.4 Å². The van der Waals surface area contributed by atoms with Gasteiger partial charge in [0.1, 0.15) is 5.82 Å². The zero-order valence-corrected chi connectivity index (χ0v) is 17.7. The van der Waals surface area contributed by atoms with E-state index in [0.29, 0.717) is 19.5 Å². The number of hydrogen-bond donors (Lipinski definition) is 1. The molecule has 0 saturated carbocycles. The maximum Gasteiger partial charge on any atom is 0.228 e. The zero-order valence-electron chi connectivity index (χ0n) is 16.1. The number of carbonyl (C=O) groups excluding carboxylic acids is 1. The van der Waals surface area contributed by atoms with Crippen molar-refractivity contribution in [2.24, 2.45) is 0 Å². The number of nitrogens with zero attached hydrogens (tertiary/aromatic N) is 4. The van der Waals surface area contributed by atoms with Gasteiger partial charge in [-0.15, -0.1) is 11.3 Å². The Bertz CT molecular complexity index is 986. The molecule has 0 unspecified atom stereocenters. The minimum Gasteiger partial charge on any atom is -0.368 e. The zero-order chi connectivity index (χ0) is 20.2. The van der Waals surface area contributed by atoms with Crippen LogP contribution in [-0.2, 0) is 11.2 Å². The van der Waals surface area contributed by atoms with E-state index in [2.05, 4.69) is 27.1 Å². The summed E-state index contributed by atoms with van der Waals surface area (Å²) in [5.74, 6) is 0.856. The highest BCUT2D eigenvalue weighted by molar-refractivity contribution is 7.13. The third-order valence-corrected chi connectivity index (χ3v) is 5.97. The number of rotatable bonds is 5. The van der Waals surface area contributed by atoms with Crippen molar-refractivity contribution in [3.63, 3.8) is 0 Å². The average molecular weight is 428 g/mol. The fourth-order valence-electron chi connectivity index (χ4n) is 3.38. The van der Waals surface area contributed by atoms with Crippen LogP contribution in [0.1, 0.15) is 11.3 Å². The molecule has 3 aromatic rings. The van der Waals surface area contributed by atoms with Crippen molar-refractivity contribution in [2.45, 2.75) is 13.3 Å². The van der Waals surface area contributed by atoms with E-state index in [1.165, 1.54) is 16.9 Å². The maximum absolute atomic E-state index is 12.7. The van der Waals surface area contributed by atoms with Gasteiger partial charge >= 0.3 is 0 Å². The lowest BCUT2D eigenvalue weighted by Crippen LogP contribution is -2.49. The second kappa shape index (κ2) is 8.80. The Labute approximate surface area is 179 Å². The largest absolute Gasteiger partial charge is 0.368 e. The summed E-state index contributed by atoms with van der Waals surface area (Å²) in [7, 11) is 0. The molecule has 0 atom stereocenters. The molecule has 0 aliphatic carbocycles. The summed E-state index contributed by atoms with van der Waals surface area (Å²) in [6, 6.07) is 11.6. The molecule has 0 radical (unpaired) electrons. The third-order valence-electron chi connectivity index (χ3n) is 4.93. The van der Waals surface area contributed by atoms with Crippen molar-refractivity contribution in [1.82, 2.24) is 14.9 Å². The van der Waals surface area contributed by atoms with Gasteiger partial charge in [0, 0.05) is 48.5 Å². The number of anilines is 3. The van der Waals surface area contributed by atoms with Crippen molar-refractivity contribution in [3.8, 4) is 0 Å². The van der Waals surface area contributed by atoms with Gasteiger partial charge in [-0.1, -0.05) is 23.7 Å². The molecule has 1 saturated heterocycles. The van der Waals surface area contributed by atoms with Crippen molar-refractivity contribution in [3.05, 3.63) is 64.3 Å². The predicted molar refractivity (Wildman–Crippen MR) is 118 cm³/mol. The van der Waals surface area contributed by atoms with Crippen LogP contribution in [0.5, 0.6) is 0 Å². The highest BCUT2D eigenvalue weighted by Gasteiger charge is 2.23. The molecule has 1 fully saturated rings. The number of benzene rings is 1. The first-order chi connectivity index (χ1) is 14.1. The highest BCUT2D eigenvalue weighted by Crippen LogP contribution is 2.25. The van der Waals surface area contributed by atoms with E-state index in [1.807, 2.05) is 46.7 Å². The van der Waals surface area contributed by atoms with Crippen LogP contribution in [0, 0.1) is 6.92 Å². The molecule has 29 heavy (non-hydrogen) atoms. The lowest BCUT2D eigenvalue weighted by Gasteiger charge is -2.36. The number of aromatic nitrogens is 2. The third kappa shape index (κ3) is 4.86. The fourth-order valence-corrected chi connectivity index (χ4v) is 4.26. The molecule has 4 rings (SSSR count). The number of piperazine rings is 1. The summed E-state index contributed by atoms with van der Waals surface area (Å²) in [5, 5.41) is 6.57. The first-order valence-corrected chi connectivity index (χ1v) is 10.8. The molecule has 2 aromatic heterocycles. The van der Waals surface area contributed by atoms with E-state index < -0.39 is 0 Å². The van der Waals surface area contributed by atoms with Crippen LogP contribution in [0.25, 0.3) is 0 Å². The molecule has 150 valence electrons. The summed E-state index contributed by atoms with van der Waals surface area (Å²) in [6.45, 7) is 5.09. The molecule has 0 spiro atoms. The van der Waals surface area contributed by atoms with Gasteiger partial charge in [-0.3, -0.25) is 4.79 Å². The van der Waals surface area contributed by atoms with Crippen LogP contribution < -0.4 is 10.2 Å². The van der Waals surface area contributed by atoms with E-state index in [1.54, 1.807) is 6.20 Å². The molecule has 1 aromatic carbocycles. The molecular weight excluding hydrogens is 406 g/mol. The smallest absolute Gasteiger partial charge is 0.228 e. The van der Waals surface area contributed by atoms with E-state index in [0.717, 1.165) is 40.4 Å². The Kier molecular flexibility index (Phi) is 5.97. The predicted octanol–water partition coefficient (Wildman–Crippen LogP) is 4.13. The Hall–Kier alpha value is -2.64. The topological polar surface area (TPSA) is 61.4 Å². The summed E-state index contributed by atoms with van der Waals surface area (Å²) >= 11 is 7.63. The lowest BCUT2D eigenvalue weighted by molar-refractivity contribution is -0.130. The number of thiazole rings is 1. The number of nitrogens with one attached hydrogen (secondary N) is 1. The summed E-state index contributed by atoms with van der Waals surface area (Å²) in [5.41, 5.74) is 3.13. The molecular formula is C21H22ClN5OS. The maximum atomic E-state index is 12.7. The van der Waals surface area contributed by atoms with Crippen LogP contribution in [-0.4, -0.2) is 47.0 Å². The molecule has 1 aliphatic heterocycles. The number of aryl methyl sites for hydroxylation is 1. The summed E-state index contributed by atoms with van der Waals surface area (Å²) < 4.78 is 0.